The number of hydrogen-bond donors (Lipinski definition) is 3. The number of primary amides is 1. The number of aromatic hydroxyl groups is 1. The van der Waals surface area contributed by atoms with Gasteiger partial charge in [0.1, 0.15) is 17.5 Å². The lowest BCUT2D eigenvalue weighted by Gasteiger charge is -2.16. The molecular formula is C18H16FN5O2. The number of phenols is 1. The van der Waals surface area contributed by atoms with Gasteiger partial charge in [-0.1, -0.05) is 0 Å². The molecule has 0 fully saturated rings. The van der Waals surface area contributed by atoms with Gasteiger partial charge in [-0.25, -0.2) is 9.37 Å². The van der Waals surface area contributed by atoms with Crippen LogP contribution in [-0.2, 0) is 0 Å². The van der Waals surface area contributed by atoms with Gasteiger partial charge in [-0.05, 0) is 38.5 Å². The van der Waals surface area contributed by atoms with Gasteiger partial charge in [0, 0.05) is 10.9 Å². The molecular weight excluding hydrogens is 337 g/mol. The molecule has 7 nitrogen and oxygen atoms in total. The smallest absolute Gasteiger partial charge is 0.253 e. The van der Waals surface area contributed by atoms with Gasteiger partial charge in [0.15, 0.2) is 11.6 Å². The fourth-order valence-corrected chi connectivity index (χ4v) is 3.17. The summed E-state index contributed by atoms with van der Waals surface area (Å²) in [5.41, 5.74) is 13.8. The van der Waals surface area contributed by atoms with Crippen molar-refractivity contribution in [3.63, 3.8) is 0 Å². The van der Waals surface area contributed by atoms with E-state index in [1.54, 1.807) is 13.8 Å². The third-order valence-electron chi connectivity index (χ3n) is 4.41. The fourth-order valence-electron chi connectivity index (χ4n) is 3.17. The number of fused-ring (bicyclic) bond motifs is 1. The molecule has 1 amide bonds. The Morgan fingerprint density at radius 1 is 1.35 bits per heavy atom. The molecule has 0 atom stereocenters. The Bertz CT molecular complexity index is 1140. The average molecular weight is 353 g/mol. The molecule has 26 heavy (non-hydrogen) atoms. The predicted octanol–water partition coefficient (Wildman–Crippen LogP) is 2.35. The largest absolute Gasteiger partial charge is 0.505 e. The van der Waals surface area contributed by atoms with Crippen molar-refractivity contribution in [1.29, 1.82) is 5.26 Å². The maximum atomic E-state index is 13.8. The molecule has 0 spiro atoms. The summed E-state index contributed by atoms with van der Waals surface area (Å²) in [5, 5.41) is 19.6. The highest BCUT2D eigenvalue weighted by Crippen LogP contribution is 2.37. The van der Waals surface area contributed by atoms with E-state index in [2.05, 4.69) is 4.98 Å². The summed E-state index contributed by atoms with van der Waals surface area (Å²) in [4.78, 5) is 16.4. The van der Waals surface area contributed by atoms with Gasteiger partial charge in [-0.15, -0.1) is 0 Å². The lowest BCUT2D eigenvalue weighted by atomic mass is 10.1. The second kappa shape index (κ2) is 5.74. The van der Waals surface area contributed by atoms with E-state index in [1.165, 1.54) is 23.6 Å². The Morgan fingerprint density at radius 2 is 2.00 bits per heavy atom. The molecule has 8 heteroatoms. The first-order chi connectivity index (χ1) is 12.2. The van der Waals surface area contributed by atoms with Gasteiger partial charge in [-0.3, -0.25) is 9.36 Å². The number of rotatable bonds is 2. The van der Waals surface area contributed by atoms with Crippen LogP contribution in [0, 0.1) is 37.9 Å². The third-order valence-corrected chi connectivity index (χ3v) is 4.41. The van der Waals surface area contributed by atoms with E-state index in [0.29, 0.717) is 28.0 Å². The topological polar surface area (TPSA) is 131 Å². The summed E-state index contributed by atoms with van der Waals surface area (Å²) in [5.74, 6) is -2.04. The van der Waals surface area contributed by atoms with Gasteiger partial charge in [0.2, 0.25) is 0 Å². The van der Waals surface area contributed by atoms with E-state index < -0.39 is 17.5 Å². The van der Waals surface area contributed by atoms with E-state index in [4.69, 9.17) is 11.5 Å². The van der Waals surface area contributed by atoms with Crippen LogP contribution in [-0.4, -0.2) is 20.6 Å². The summed E-state index contributed by atoms with van der Waals surface area (Å²) < 4.78 is 15.3. The lowest BCUT2D eigenvalue weighted by molar-refractivity contribution is 0.100. The Kier molecular flexibility index (Phi) is 3.80. The number of amides is 1. The number of nitrogen functional groups attached to an aromatic ring is 1. The van der Waals surface area contributed by atoms with Crippen LogP contribution in [0.15, 0.2) is 12.1 Å². The first kappa shape index (κ1) is 17.2. The van der Waals surface area contributed by atoms with Crippen LogP contribution in [0.3, 0.4) is 0 Å². The average Bonchev–Trinajstić information content (AvgIpc) is 2.84. The number of aryl methyl sites for hydroxylation is 2. The molecule has 2 aromatic heterocycles. The van der Waals surface area contributed by atoms with Gasteiger partial charge < -0.3 is 16.6 Å². The summed E-state index contributed by atoms with van der Waals surface area (Å²) >= 11 is 0. The van der Waals surface area contributed by atoms with E-state index in [0.717, 1.165) is 0 Å². The molecule has 5 N–H and O–H groups in total. The predicted molar refractivity (Wildman–Crippen MR) is 94.5 cm³/mol. The minimum Gasteiger partial charge on any atom is -0.505 e. The second-order valence-corrected chi connectivity index (χ2v) is 6.06. The number of phenolic OH excluding ortho intramolecular Hbond substituents is 1. The normalized spacial score (nSPS) is 10.9. The quantitative estimate of drug-likeness (QED) is 0.651. The second-order valence-electron chi connectivity index (χ2n) is 6.06. The zero-order valence-electron chi connectivity index (χ0n) is 14.4. The molecule has 132 valence electrons. The molecule has 0 saturated heterocycles. The summed E-state index contributed by atoms with van der Waals surface area (Å²) in [6.07, 6.45) is 0. The number of halogens is 1. The molecule has 0 bridgehead atoms. The van der Waals surface area contributed by atoms with Crippen molar-refractivity contribution >= 4 is 22.8 Å². The zero-order chi connectivity index (χ0) is 19.3. The van der Waals surface area contributed by atoms with Crippen molar-refractivity contribution in [2.24, 2.45) is 5.73 Å². The van der Waals surface area contributed by atoms with E-state index >= 15 is 0 Å². The third kappa shape index (κ3) is 2.25. The van der Waals surface area contributed by atoms with Crippen molar-refractivity contribution < 1.29 is 14.3 Å². The van der Waals surface area contributed by atoms with Gasteiger partial charge in [0.25, 0.3) is 5.91 Å². The Hall–Kier alpha value is -3.60. The molecule has 0 radical (unpaired) electrons. The molecule has 0 aliphatic carbocycles. The number of benzene rings is 1. The summed E-state index contributed by atoms with van der Waals surface area (Å²) in [6, 6.07) is 4.68. The molecule has 3 rings (SSSR count). The Labute approximate surface area is 148 Å². The maximum absolute atomic E-state index is 13.8. The molecule has 0 unspecified atom stereocenters. The van der Waals surface area contributed by atoms with Crippen LogP contribution in [0.5, 0.6) is 5.75 Å². The van der Waals surface area contributed by atoms with Gasteiger partial charge >= 0.3 is 0 Å². The minimum absolute atomic E-state index is 0.00620. The van der Waals surface area contributed by atoms with Crippen LogP contribution < -0.4 is 11.5 Å². The number of carbonyl (C=O) groups is 1. The van der Waals surface area contributed by atoms with Crippen LogP contribution in [0.1, 0.15) is 32.7 Å². The molecule has 2 heterocycles. The van der Waals surface area contributed by atoms with E-state index in [-0.39, 0.29) is 22.5 Å². The summed E-state index contributed by atoms with van der Waals surface area (Å²) in [6.45, 7) is 4.83. The van der Waals surface area contributed by atoms with Crippen LogP contribution in [0.25, 0.3) is 16.7 Å². The lowest BCUT2D eigenvalue weighted by Crippen LogP contribution is -2.14. The van der Waals surface area contributed by atoms with Crippen LogP contribution in [0.2, 0.25) is 0 Å². The standard InChI is InChI=1S/C18H16FN5O2/c1-7-4-12(19)15(25)8(2)14(7)24-16(21)13(17(22)26)11-5-10(6-20)9(3)23-18(11)24/h4-5,25H,21H2,1-3H3,(H2,22,26). The highest BCUT2D eigenvalue weighted by atomic mass is 19.1. The number of carbonyl (C=O) groups excluding carboxylic acids is 1. The SMILES string of the molecule is Cc1cc(F)c(O)c(C)c1-n1c(N)c(C(N)=O)c2cc(C#N)c(C)nc21. The number of nitriles is 1. The van der Waals surface area contributed by atoms with E-state index in [9.17, 15) is 19.6 Å². The monoisotopic (exact) mass is 353 g/mol. The first-order valence-corrected chi connectivity index (χ1v) is 7.69. The van der Waals surface area contributed by atoms with Crippen molar-refractivity contribution in [2.45, 2.75) is 20.8 Å². The number of hydrogen-bond acceptors (Lipinski definition) is 5. The molecule has 1 aromatic carbocycles. The number of anilines is 1. The zero-order valence-corrected chi connectivity index (χ0v) is 14.4. The first-order valence-electron chi connectivity index (χ1n) is 7.69. The van der Waals surface area contributed by atoms with Crippen molar-refractivity contribution in [2.75, 3.05) is 5.73 Å². The van der Waals surface area contributed by atoms with Crippen molar-refractivity contribution in [3.8, 4) is 17.5 Å². The van der Waals surface area contributed by atoms with Gasteiger partial charge in [0.05, 0.1) is 22.5 Å². The molecule has 0 aliphatic heterocycles. The van der Waals surface area contributed by atoms with Gasteiger partial charge in [-0.2, -0.15) is 5.26 Å². The van der Waals surface area contributed by atoms with Crippen LogP contribution >= 0.6 is 0 Å². The number of nitrogens with two attached hydrogens (primary N) is 2. The maximum Gasteiger partial charge on any atom is 0.253 e. The number of nitrogens with zero attached hydrogens (tertiary/aromatic N) is 3. The van der Waals surface area contributed by atoms with E-state index in [1.807, 2.05) is 6.07 Å². The summed E-state index contributed by atoms with van der Waals surface area (Å²) in [7, 11) is 0. The Balaban J connectivity index is 2.56. The number of pyridine rings is 1. The fraction of sp³-hybridized carbons (Fsp3) is 0.167. The van der Waals surface area contributed by atoms with Crippen molar-refractivity contribution in [1.82, 2.24) is 9.55 Å². The highest BCUT2D eigenvalue weighted by Gasteiger charge is 2.25. The molecule has 0 saturated carbocycles. The van der Waals surface area contributed by atoms with Crippen molar-refractivity contribution in [3.05, 3.63) is 45.9 Å². The highest BCUT2D eigenvalue weighted by molar-refractivity contribution is 6.11. The Morgan fingerprint density at radius 3 is 2.58 bits per heavy atom. The minimum atomic E-state index is -0.776. The number of aromatic nitrogens is 2. The van der Waals surface area contributed by atoms with Crippen LogP contribution in [0.4, 0.5) is 10.2 Å². The molecule has 3 aromatic rings. The molecule has 0 aliphatic rings.